The van der Waals surface area contributed by atoms with Gasteiger partial charge in [0.2, 0.25) is 0 Å². The van der Waals surface area contributed by atoms with Gasteiger partial charge in [0.05, 0.1) is 5.69 Å². The molecule has 1 aromatic carbocycles. The minimum absolute atomic E-state index is 0.263. The lowest BCUT2D eigenvalue weighted by molar-refractivity contribution is 0.465. The summed E-state index contributed by atoms with van der Waals surface area (Å²) in [6.45, 7) is 4.04. The van der Waals surface area contributed by atoms with Crippen LogP contribution in [0.2, 0.25) is 0 Å². The molecule has 0 aliphatic rings. The van der Waals surface area contributed by atoms with Gasteiger partial charge in [-0.25, -0.2) is 4.39 Å². The lowest BCUT2D eigenvalue weighted by Crippen LogP contribution is -1.88. The quantitative estimate of drug-likeness (QED) is 0.893. The SMILES string of the molecule is CC(C)c1ccc(/C=C/c2ncccc2F)cc1O. The minimum atomic E-state index is -0.359. The highest BCUT2D eigenvalue weighted by atomic mass is 19.1. The number of rotatable bonds is 3. The Morgan fingerprint density at radius 3 is 2.63 bits per heavy atom. The molecule has 0 aliphatic heterocycles. The van der Waals surface area contributed by atoms with Crippen molar-refractivity contribution in [2.24, 2.45) is 0 Å². The first-order valence-electron chi connectivity index (χ1n) is 6.19. The predicted octanol–water partition coefficient (Wildman–Crippen LogP) is 4.22. The zero-order chi connectivity index (χ0) is 13.8. The Morgan fingerprint density at radius 1 is 1.21 bits per heavy atom. The van der Waals surface area contributed by atoms with Gasteiger partial charge in [0.1, 0.15) is 11.6 Å². The van der Waals surface area contributed by atoms with E-state index in [2.05, 4.69) is 4.98 Å². The summed E-state index contributed by atoms with van der Waals surface area (Å²) in [5.74, 6) is 0.173. The first-order valence-corrected chi connectivity index (χ1v) is 6.19. The van der Waals surface area contributed by atoms with Gasteiger partial charge >= 0.3 is 0 Å². The number of phenolic OH excluding ortho intramolecular Hbond substituents is 1. The van der Waals surface area contributed by atoms with Crippen molar-refractivity contribution >= 4 is 12.2 Å². The summed E-state index contributed by atoms with van der Waals surface area (Å²) in [5.41, 5.74) is 2.00. The van der Waals surface area contributed by atoms with Crippen LogP contribution in [0.15, 0.2) is 36.5 Å². The molecule has 3 heteroatoms. The van der Waals surface area contributed by atoms with E-state index in [1.807, 2.05) is 26.0 Å². The fraction of sp³-hybridized carbons (Fsp3) is 0.188. The van der Waals surface area contributed by atoms with E-state index in [4.69, 9.17) is 0 Å². The van der Waals surface area contributed by atoms with E-state index in [1.165, 1.54) is 6.07 Å². The molecule has 1 aromatic heterocycles. The second-order valence-corrected chi connectivity index (χ2v) is 4.68. The Hall–Kier alpha value is -2.16. The molecule has 2 aromatic rings. The second kappa shape index (κ2) is 5.65. The van der Waals surface area contributed by atoms with Crippen LogP contribution >= 0.6 is 0 Å². The van der Waals surface area contributed by atoms with Crippen molar-refractivity contribution in [3.63, 3.8) is 0 Å². The van der Waals surface area contributed by atoms with Gasteiger partial charge in [0.15, 0.2) is 0 Å². The molecule has 0 bridgehead atoms. The molecule has 1 N–H and O–H groups in total. The molecule has 98 valence electrons. The summed E-state index contributed by atoms with van der Waals surface area (Å²) in [6.07, 6.45) is 4.87. The number of benzene rings is 1. The molecule has 2 nitrogen and oxygen atoms in total. The number of pyridine rings is 1. The first kappa shape index (κ1) is 13.3. The van der Waals surface area contributed by atoms with Crippen LogP contribution in [0.5, 0.6) is 5.75 Å². The number of aromatic hydroxyl groups is 1. The summed E-state index contributed by atoms with van der Waals surface area (Å²) in [5, 5.41) is 9.89. The zero-order valence-corrected chi connectivity index (χ0v) is 11.0. The molecule has 2 rings (SSSR count). The van der Waals surface area contributed by atoms with Gasteiger partial charge in [0, 0.05) is 6.20 Å². The fourth-order valence-corrected chi connectivity index (χ4v) is 1.85. The van der Waals surface area contributed by atoms with Crippen LogP contribution in [-0.2, 0) is 0 Å². The first-order chi connectivity index (χ1) is 9.08. The molecule has 0 unspecified atom stereocenters. The molecule has 0 fully saturated rings. The van der Waals surface area contributed by atoms with Gasteiger partial charge in [-0.3, -0.25) is 4.98 Å². The van der Waals surface area contributed by atoms with E-state index in [0.717, 1.165) is 11.1 Å². The van der Waals surface area contributed by atoms with Crippen LogP contribution in [0, 0.1) is 5.82 Å². The maximum atomic E-state index is 13.4. The average Bonchev–Trinajstić information content (AvgIpc) is 2.37. The summed E-state index contributed by atoms with van der Waals surface area (Å²) >= 11 is 0. The standard InChI is InChI=1S/C16H16FNO/c1-11(2)13-7-5-12(10-16(13)19)6-8-15-14(17)4-3-9-18-15/h3-11,19H,1-2H3/b8-6+. The third-order valence-electron chi connectivity index (χ3n) is 2.90. The largest absolute Gasteiger partial charge is 0.508 e. The maximum absolute atomic E-state index is 13.4. The smallest absolute Gasteiger partial charge is 0.148 e. The third-order valence-corrected chi connectivity index (χ3v) is 2.90. The molecule has 0 saturated heterocycles. The predicted molar refractivity (Wildman–Crippen MR) is 75.3 cm³/mol. The van der Waals surface area contributed by atoms with E-state index in [9.17, 15) is 9.50 Å². The normalized spacial score (nSPS) is 11.4. The molecule has 0 aliphatic carbocycles. The van der Waals surface area contributed by atoms with Gasteiger partial charge in [-0.2, -0.15) is 0 Å². The van der Waals surface area contributed by atoms with Crippen LogP contribution in [0.1, 0.15) is 36.6 Å². The van der Waals surface area contributed by atoms with Crippen LogP contribution in [0.25, 0.3) is 12.2 Å². The third kappa shape index (κ3) is 3.19. The summed E-state index contributed by atoms with van der Waals surface area (Å²) in [6, 6.07) is 8.37. The van der Waals surface area contributed by atoms with Crippen molar-refractivity contribution < 1.29 is 9.50 Å². The maximum Gasteiger partial charge on any atom is 0.148 e. The Kier molecular flexibility index (Phi) is 3.95. The van der Waals surface area contributed by atoms with Crippen molar-refractivity contribution in [1.29, 1.82) is 0 Å². The van der Waals surface area contributed by atoms with Crippen LogP contribution < -0.4 is 0 Å². The number of aromatic nitrogens is 1. The molecule has 0 amide bonds. The van der Waals surface area contributed by atoms with Crippen molar-refractivity contribution in [1.82, 2.24) is 4.98 Å². The Bertz CT molecular complexity index is 605. The summed E-state index contributed by atoms with van der Waals surface area (Å²) in [4.78, 5) is 3.94. The molecular formula is C16H16FNO. The van der Waals surface area contributed by atoms with Crippen LogP contribution in [-0.4, -0.2) is 10.1 Å². The van der Waals surface area contributed by atoms with Crippen molar-refractivity contribution in [2.75, 3.05) is 0 Å². The number of phenols is 1. The molecule has 1 heterocycles. The molecular weight excluding hydrogens is 241 g/mol. The van der Waals surface area contributed by atoms with E-state index < -0.39 is 0 Å². The van der Waals surface area contributed by atoms with E-state index in [0.29, 0.717) is 0 Å². The van der Waals surface area contributed by atoms with Crippen molar-refractivity contribution in [2.45, 2.75) is 19.8 Å². The van der Waals surface area contributed by atoms with Gasteiger partial charge < -0.3 is 5.11 Å². The minimum Gasteiger partial charge on any atom is -0.508 e. The summed E-state index contributed by atoms with van der Waals surface area (Å²) < 4.78 is 13.4. The van der Waals surface area contributed by atoms with Gasteiger partial charge in [-0.1, -0.05) is 32.1 Å². The van der Waals surface area contributed by atoms with Crippen LogP contribution in [0.3, 0.4) is 0 Å². The highest BCUT2D eigenvalue weighted by Gasteiger charge is 2.05. The van der Waals surface area contributed by atoms with Crippen molar-refractivity contribution in [3.8, 4) is 5.75 Å². The highest BCUT2D eigenvalue weighted by molar-refractivity contribution is 5.69. The van der Waals surface area contributed by atoms with Gasteiger partial charge in [-0.05, 0) is 41.3 Å². The van der Waals surface area contributed by atoms with E-state index in [1.54, 1.807) is 30.5 Å². The number of halogens is 1. The Morgan fingerprint density at radius 2 is 2.00 bits per heavy atom. The highest BCUT2D eigenvalue weighted by Crippen LogP contribution is 2.26. The average molecular weight is 257 g/mol. The lowest BCUT2D eigenvalue weighted by Gasteiger charge is -2.08. The number of hydrogen-bond acceptors (Lipinski definition) is 2. The molecule has 19 heavy (non-hydrogen) atoms. The zero-order valence-electron chi connectivity index (χ0n) is 11.0. The van der Waals surface area contributed by atoms with Gasteiger partial charge in [-0.15, -0.1) is 0 Å². The van der Waals surface area contributed by atoms with Crippen LogP contribution in [0.4, 0.5) is 4.39 Å². The topological polar surface area (TPSA) is 33.1 Å². The van der Waals surface area contributed by atoms with Crippen molar-refractivity contribution in [3.05, 3.63) is 59.2 Å². The Labute approximate surface area is 112 Å². The van der Waals surface area contributed by atoms with Gasteiger partial charge in [0.25, 0.3) is 0 Å². The lowest BCUT2D eigenvalue weighted by atomic mass is 10.00. The number of hydrogen-bond donors (Lipinski definition) is 1. The number of nitrogens with zero attached hydrogens (tertiary/aromatic N) is 1. The molecule has 0 atom stereocenters. The van der Waals surface area contributed by atoms with E-state index in [-0.39, 0.29) is 23.2 Å². The second-order valence-electron chi connectivity index (χ2n) is 4.68. The molecule has 0 spiro atoms. The monoisotopic (exact) mass is 257 g/mol. The molecule has 0 saturated carbocycles. The van der Waals surface area contributed by atoms with E-state index >= 15 is 0 Å². The summed E-state index contributed by atoms with van der Waals surface area (Å²) in [7, 11) is 0. The Balaban J connectivity index is 2.25. The molecule has 0 radical (unpaired) electrons. The fourth-order valence-electron chi connectivity index (χ4n) is 1.85.